The number of carbonyl (C=O) groups is 1. The third kappa shape index (κ3) is 4.30. The second kappa shape index (κ2) is 8.45. The van der Waals surface area contributed by atoms with Crippen molar-refractivity contribution in [3.05, 3.63) is 95.8 Å². The summed E-state index contributed by atoms with van der Waals surface area (Å²) in [4.78, 5) is 13.8. The third-order valence-electron chi connectivity index (χ3n) is 5.23. The van der Waals surface area contributed by atoms with Gasteiger partial charge in [-0.2, -0.15) is 0 Å². The van der Waals surface area contributed by atoms with Gasteiger partial charge in [0.2, 0.25) is 0 Å². The van der Waals surface area contributed by atoms with Gasteiger partial charge in [0, 0.05) is 6.54 Å². The van der Waals surface area contributed by atoms with Gasteiger partial charge in [0.25, 0.3) is 0 Å². The summed E-state index contributed by atoms with van der Waals surface area (Å²) in [7, 11) is 0. The van der Waals surface area contributed by atoms with E-state index in [9.17, 15) is 14.3 Å². The van der Waals surface area contributed by atoms with Crippen molar-refractivity contribution in [3.8, 4) is 11.5 Å². The second-order valence-corrected chi connectivity index (χ2v) is 7.18. The van der Waals surface area contributed by atoms with E-state index in [1.807, 2.05) is 65.6 Å². The molecule has 0 saturated carbocycles. The lowest BCUT2D eigenvalue weighted by molar-refractivity contribution is -0.142. The Bertz CT molecular complexity index is 992. The molecule has 148 valence electrons. The number of likely N-dealkylation sites (tertiary alicyclic amines) is 1. The minimum absolute atomic E-state index is 0.338. The SMILES string of the molecule is O=C(O)C1CCCN1C(c1cccc(F)c1)c1cccc(Oc2ccccc2)c1. The molecule has 2 atom stereocenters. The molecule has 29 heavy (non-hydrogen) atoms. The van der Waals surface area contributed by atoms with Crippen LogP contribution < -0.4 is 4.74 Å². The molecule has 1 heterocycles. The first-order valence-corrected chi connectivity index (χ1v) is 9.69. The Labute approximate surface area is 169 Å². The minimum Gasteiger partial charge on any atom is -0.480 e. The molecule has 3 aromatic carbocycles. The van der Waals surface area contributed by atoms with Gasteiger partial charge >= 0.3 is 5.97 Å². The fraction of sp³-hybridized carbons (Fsp3) is 0.208. The lowest BCUT2D eigenvalue weighted by atomic mass is 9.96. The highest BCUT2D eigenvalue weighted by Gasteiger charge is 2.37. The van der Waals surface area contributed by atoms with Crippen LogP contribution in [0.25, 0.3) is 0 Å². The summed E-state index contributed by atoms with van der Waals surface area (Å²) >= 11 is 0. The molecular weight excluding hydrogens is 369 g/mol. The van der Waals surface area contributed by atoms with Gasteiger partial charge in [0.1, 0.15) is 23.4 Å². The Morgan fingerprint density at radius 1 is 0.966 bits per heavy atom. The van der Waals surface area contributed by atoms with Crippen LogP contribution in [0.4, 0.5) is 4.39 Å². The predicted octanol–water partition coefficient (Wildman–Crippen LogP) is 5.26. The normalized spacial score (nSPS) is 17.8. The standard InChI is InChI=1S/C24H22FNO3/c25-19-9-4-7-17(15-19)23(26-14-6-13-22(26)24(27)28)18-8-5-12-21(16-18)29-20-10-2-1-3-11-20/h1-5,7-12,15-16,22-23H,6,13-14H2,(H,27,28). The summed E-state index contributed by atoms with van der Waals surface area (Å²) < 4.78 is 19.9. The van der Waals surface area contributed by atoms with Gasteiger partial charge in [0.05, 0.1) is 6.04 Å². The molecule has 4 nitrogen and oxygen atoms in total. The van der Waals surface area contributed by atoms with E-state index in [2.05, 4.69) is 0 Å². The number of para-hydroxylation sites is 1. The lowest BCUT2D eigenvalue weighted by Crippen LogP contribution is -2.39. The number of aliphatic carboxylic acids is 1. The average Bonchev–Trinajstić information content (AvgIpc) is 3.19. The monoisotopic (exact) mass is 391 g/mol. The first-order chi connectivity index (χ1) is 14.1. The zero-order chi connectivity index (χ0) is 20.2. The highest BCUT2D eigenvalue weighted by atomic mass is 19.1. The summed E-state index contributed by atoms with van der Waals surface area (Å²) in [5.74, 6) is 0.188. The lowest BCUT2D eigenvalue weighted by Gasteiger charge is -2.32. The van der Waals surface area contributed by atoms with Crippen LogP contribution >= 0.6 is 0 Å². The van der Waals surface area contributed by atoms with E-state index < -0.39 is 12.0 Å². The zero-order valence-electron chi connectivity index (χ0n) is 15.9. The fourth-order valence-corrected chi connectivity index (χ4v) is 3.99. The number of carboxylic acids is 1. The van der Waals surface area contributed by atoms with Gasteiger partial charge in [-0.3, -0.25) is 9.69 Å². The topological polar surface area (TPSA) is 49.8 Å². The maximum absolute atomic E-state index is 14.0. The van der Waals surface area contributed by atoms with E-state index in [4.69, 9.17) is 4.74 Å². The van der Waals surface area contributed by atoms with Crippen molar-refractivity contribution < 1.29 is 19.0 Å². The number of rotatable bonds is 6. The zero-order valence-corrected chi connectivity index (χ0v) is 15.9. The van der Waals surface area contributed by atoms with Crippen LogP contribution in [0.15, 0.2) is 78.9 Å². The smallest absolute Gasteiger partial charge is 0.320 e. The van der Waals surface area contributed by atoms with Crippen LogP contribution in [-0.2, 0) is 4.79 Å². The van der Waals surface area contributed by atoms with Crippen molar-refractivity contribution in [1.29, 1.82) is 0 Å². The van der Waals surface area contributed by atoms with E-state index in [1.165, 1.54) is 12.1 Å². The first kappa shape index (κ1) is 19.2. The molecule has 1 saturated heterocycles. The third-order valence-corrected chi connectivity index (χ3v) is 5.23. The van der Waals surface area contributed by atoms with Crippen molar-refractivity contribution in [2.75, 3.05) is 6.54 Å². The van der Waals surface area contributed by atoms with Crippen molar-refractivity contribution in [2.45, 2.75) is 24.9 Å². The number of halogens is 1. The Morgan fingerprint density at radius 3 is 2.38 bits per heavy atom. The van der Waals surface area contributed by atoms with E-state index in [0.29, 0.717) is 18.7 Å². The van der Waals surface area contributed by atoms with Gasteiger partial charge < -0.3 is 9.84 Å². The van der Waals surface area contributed by atoms with Gasteiger partial charge in [-0.1, -0.05) is 42.5 Å². The van der Waals surface area contributed by atoms with E-state index in [1.54, 1.807) is 6.07 Å². The molecule has 0 amide bonds. The first-order valence-electron chi connectivity index (χ1n) is 9.69. The molecule has 1 aliphatic rings. The molecule has 0 radical (unpaired) electrons. The van der Waals surface area contributed by atoms with Crippen molar-refractivity contribution in [1.82, 2.24) is 4.90 Å². The van der Waals surface area contributed by atoms with E-state index >= 15 is 0 Å². The van der Waals surface area contributed by atoms with Crippen molar-refractivity contribution in [3.63, 3.8) is 0 Å². The van der Waals surface area contributed by atoms with Crippen LogP contribution in [0.1, 0.15) is 30.0 Å². The molecule has 0 aromatic heterocycles. The Balaban J connectivity index is 1.73. The maximum atomic E-state index is 14.0. The summed E-state index contributed by atoms with van der Waals surface area (Å²) in [5, 5.41) is 9.69. The van der Waals surface area contributed by atoms with Crippen LogP contribution in [0.2, 0.25) is 0 Å². The summed E-state index contributed by atoms with van der Waals surface area (Å²) in [6.45, 7) is 0.641. The largest absolute Gasteiger partial charge is 0.480 e. The van der Waals surface area contributed by atoms with E-state index in [-0.39, 0.29) is 11.9 Å². The van der Waals surface area contributed by atoms with Crippen molar-refractivity contribution >= 4 is 5.97 Å². The molecule has 1 aliphatic heterocycles. The van der Waals surface area contributed by atoms with Crippen molar-refractivity contribution in [2.24, 2.45) is 0 Å². The quantitative estimate of drug-likeness (QED) is 0.623. The number of benzene rings is 3. The fourth-order valence-electron chi connectivity index (χ4n) is 3.99. The average molecular weight is 391 g/mol. The van der Waals surface area contributed by atoms with Gasteiger partial charge in [-0.15, -0.1) is 0 Å². The molecule has 0 spiro atoms. The molecule has 1 N–H and O–H groups in total. The van der Waals surface area contributed by atoms with Gasteiger partial charge in [0.15, 0.2) is 0 Å². The van der Waals surface area contributed by atoms with Crippen LogP contribution in [0.5, 0.6) is 11.5 Å². The summed E-state index contributed by atoms with van der Waals surface area (Å²) in [6, 6.07) is 22.5. The number of ether oxygens (including phenoxy) is 1. The number of hydrogen-bond acceptors (Lipinski definition) is 3. The Morgan fingerprint density at radius 2 is 1.66 bits per heavy atom. The summed E-state index contributed by atoms with van der Waals surface area (Å²) in [6.07, 6.45) is 1.38. The predicted molar refractivity (Wildman–Crippen MR) is 109 cm³/mol. The van der Waals surface area contributed by atoms with Gasteiger partial charge in [-0.25, -0.2) is 4.39 Å². The Kier molecular flexibility index (Phi) is 5.58. The molecule has 0 bridgehead atoms. The van der Waals surface area contributed by atoms with E-state index in [0.717, 1.165) is 23.3 Å². The number of carboxylic acid groups (broad SMARTS) is 1. The minimum atomic E-state index is -0.847. The van der Waals surface area contributed by atoms with Gasteiger partial charge in [-0.05, 0) is 60.4 Å². The second-order valence-electron chi connectivity index (χ2n) is 7.18. The van der Waals surface area contributed by atoms with Crippen LogP contribution in [0, 0.1) is 5.82 Å². The Hall–Kier alpha value is -3.18. The molecule has 5 heteroatoms. The molecule has 2 unspecified atom stereocenters. The highest BCUT2D eigenvalue weighted by Crippen LogP contribution is 2.37. The number of nitrogens with zero attached hydrogens (tertiary/aromatic N) is 1. The van der Waals surface area contributed by atoms with Crippen LogP contribution in [0.3, 0.4) is 0 Å². The molecule has 0 aliphatic carbocycles. The molecular formula is C24H22FNO3. The molecule has 4 rings (SSSR count). The molecule has 1 fully saturated rings. The highest BCUT2D eigenvalue weighted by molar-refractivity contribution is 5.74. The summed E-state index contributed by atoms with van der Waals surface area (Å²) in [5.41, 5.74) is 1.60. The van der Waals surface area contributed by atoms with Crippen LogP contribution in [-0.4, -0.2) is 28.6 Å². The number of hydrogen-bond donors (Lipinski definition) is 1. The maximum Gasteiger partial charge on any atom is 0.320 e. The molecule has 3 aromatic rings.